The number of aliphatic hydroxyl groups is 1. The Morgan fingerprint density at radius 2 is 2.40 bits per heavy atom. The van der Waals surface area contributed by atoms with Crippen molar-refractivity contribution in [3.05, 3.63) is 0 Å². The maximum atomic E-state index is 9.02. The third-order valence-corrected chi connectivity index (χ3v) is 2.33. The molecule has 0 bridgehead atoms. The molecule has 2 N–H and O–H groups in total. The average Bonchev–Trinajstić information content (AvgIpc) is 1.96. The Bertz CT molecular complexity index is 118. The number of rotatable bonds is 1. The maximum absolute atomic E-state index is 9.02. The summed E-state index contributed by atoms with van der Waals surface area (Å²) < 4.78 is 0. The zero-order valence-corrected chi connectivity index (χ0v) is 6.72. The quantitative estimate of drug-likeness (QED) is 0.526. The maximum Gasteiger partial charge on any atom is 0.0918 e. The first-order chi connectivity index (χ1) is 4.69. The van der Waals surface area contributed by atoms with Crippen molar-refractivity contribution in [2.75, 3.05) is 26.7 Å². The molecule has 1 saturated heterocycles. The number of hydrogen-bond donors (Lipinski definition) is 2. The summed E-state index contributed by atoms with van der Waals surface area (Å²) >= 11 is 0. The van der Waals surface area contributed by atoms with Gasteiger partial charge >= 0.3 is 0 Å². The molecular weight excluding hydrogens is 128 g/mol. The number of aliphatic hydroxyl groups excluding tert-OH is 1. The summed E-state index contributed by atoms with van der Waals surface area (Å²) in [6.45, 7) is 4.29. The molecule has 0 aliphatic carbocycles. The molecule has 0 aromatic rings. The van der Waals surface area contributed by atoms with E-state index < -0.39 is 0 Å². The van der Waals surface area contributed by atoms with Gasteiger partial charge in [0.05, 0.1) is 12.3 Å². The molecule has 1 unspecified atom stereocenters. The Kier molecular flexibility index (Phi) is 2.28. The fraction of sp³-hybridized carbons (Fsp3) is 1.00. The number of likely N-dealkylation sites (N-methyl/N-ethyl adjacent to an activating group) is 1. The molecule has 3 nitrogen and oxygen atoms in total. The summed E-state index contributed by atoms with van der Waals surface area (Å²) in [6, 6.07) is 0. The van der Waals surface area contributed by atoms with Crippen LogP contribution in [0.15, 0.2) is 0 Å². The molecule has 60 valence electrons. The molecule has 0 aromatic heterocycles. The van der Waals surface area contributed by atoms with Gasteiger partial charge in [-0.2, -0.15) is 0 Å². The van der Waals surface area contributed by atoms with Crippen LogP contribution in [0.25, 0.3) is 0 Å². The van der Waals surface area contributed by atoms with E-state index >= 15 is 0 Å². The van der Waals surface area contributed by atoms with Gasteiger partial charge in [0, 0.05) is 6.54 Å². The minimum atomic E-state index is -0.182. The van der Waals surface area contributed by atoms with Gasteiger partial charge in [-0.05, 0) is 26.9 Å². The van der Waals surface area contributed by atoms with Crippen LogP contribution in [0, 0.1) is 0 Å². The molecule has 1 aliphatic heterocycles. The van der Waals surface area contributed by atoms with Gasteiger partial charge < -0.3 is 5.11 Å². The van der Waals surface area contributed by atoms with E-state index in [1.54, 1.807) is 0 Å². The molecule has 0 saturated carbocycles. The summed E-state index contributed by atoms with van der Waals surface area (Å²) in [6.07, 6.45) is 1.17. The Labute approximate surface area is 62.0 Å². The second-order valence-electron chi connectivity index (χ2n) is 3.13. The van der Waals surface area contributed by atoms with Crippen molar-refractivity contribution in [3.63, 3.8) is 0 Å². The first-order valence-corrected chi connectivity index (χ1v) is 3.76. The van der Waals surface area contributed by atoms with Crippen LogP contribution in [-0.4, -0.2) is 42.4 Å². The molecule has 0 amide bonds. The van der Waals surface area contributed by atoms with Crippen LogP contribution in [0.2, 0.25) is 0 Å². The zero-order valence-electron chi connectivity index (χ0n) is 6.72. The van der Waals surface area contributed by atoms with Gasteiger partial charge in [-0.25, -0.2) is 0 Å². The SMILES string of the molecule is CN1CCCNC1(C)CO. The number of hydrogen-bond acceptors (Lipinski definition) is 3. The lowest BCUT2D eigenvalue weighted by atomic mass is 10.1. The van der Waals surface area contributed by atoms with Crippen LogP contribution >= 0.6 is 0 Å². The van der Waals surface area contributed by atoms with Crippen LogP contribution in [-0.2, 0) is 0 Å². The van der Waals surface area contributed by atoms with Crippen LogP contribution in [0.3, 0.4) is 0 Å². The number of nitrogens with one attached hydrogen (secondary N) is 1. The molecule has 1 aliphatic rings. The highest BCUT2D eigenvalue weighted by molar-refractivity contribution is 4.84. The van der Waals surface area contributed by atoms with E-state index in [4.69, 9.17) is 5.11 Å². The second-order valence-corrected chi connectivity index (χ2v) is 3.13. The van der Waals surface area contributed by atoms with Crippen molar-refractivity contribution in [2.45, 2.75) is 19.0 Å². The third-order valence-electron chi connectivity index (χ3n) is 2.33. The van der Waals surface area contributed by atoms with Gasteiger partial charge in [0.15, 0.2) is 0 Å². The van der Waals surface area contributed by atoms with E-state index in [9.17, 15) is 0 Å². The van der Waals surface area contributed by atoms with Gasteiger partial charge in [0.1, 0.15) is 0 Å². The minimum absolute atomic E-state index is 0.182. The molecule has 3 heteroatoms. The van der Waals surface area contributed by atoms with E-state index in [-0.39, 0.29) is 12.3 Å². The van der Waals surface area contributed by atoms with Crippen LogP contribution in [0.5, 0.6) is 0 Å². The molecule has 1 atom stereocenters. The first-order valence-electron chi connectivity index (χ1n) is 3.76. The van der Waals surface area contributed by atoms with Crippen LogP contribution in [0.4, 0.5) is 0 Å². The second kappa shape index (κ2) is 2.86. The summed E-state index contributed by atoms with van der Waals surface area (Å²) in [5.41, 5.74) is -0.182. The van der Waals surface area contributed by atoms with Crippen molar-refractivity contribution in [2.24, 2.45) is 0 Å². The van der Waals surface area contributed by atoms with Crippen LogP contribution in [0.1, 0.15) is 13.3 Å². The van der Waals surface area contributed by atoms with Crippen molar-refractivity contribution in [1.82, 2.24) is 10.2 Å². The predicted octanol–water partition coefficient (Wildman–Crippen LogP) is -0.380. The molecule has 0 spiro atoms. The fourth-order valence-electron chi connectivity index (χ4n) is 1.23. The lowest BCUT2D eigenvalue weighted by molar-refractivity contribution is 0.0140. The first kappa shape index (κ1) is 7.98. The summed E-state index contributed by atoms with van der Waals surface area (Å²) in [5.74, 6) is 0. The van der Waals surface area contributed by atoms with E-state index in [1.165, 1.54) is 6.42 Å². The Morgan fingerprint density at radius 1 is 1.70 bits per heavy atom. The van der Waals surface area contributed by atoms with Crippen molar-refractivity contribution in [3.8, 4) is 0 Å². The highest BCUT2D eigenvalue weighted by atomic mass is 16.3. The summed E-state index contributed by atoms with van der Waals surface area (Å²) in [4.78, 5) is 2.15. The van der Waals surface area contributed by atoms with Gasteiger partial charge in [0.2, 0.25) is 0 Å². The minimum Gasteiger partial charge on any atom is -0.393 e. The molecule has 0 aromatic carbocycles. The molecule has 1 rings (SSSR count). The lowest BCUT2D eigenvalue weighted by Crippen LogP contribution is -2.61. The van der Waals surface area contributed by atoms with E-state index in [0.717, 1.165) is 13.1 Å². The predicted molar refractivity (Wildman–Crippen MR) is 40.7 cm³/mol. The third kappa shape index (κ3) is 1.31. The van der Waals surface area contributed by atoms with Gasteiger partial charge in [0.25, 0.3) is 0 Å². The molecule has 1 fully saturated rings. The standard InChI is InChI=1S/C7H16N2O/c1-7(6-10)8-4-3-5-9(7)2/h8,10H,3-6H2,1-2H3. The topological polar surface area (TPSA) is 35.5 Å². The average molecular weight is 144 g/mol. The molecule has 10 heavy (non-hydrogen) atoms. The fourth-order valence-corrected chi connectivity index (χ4v) is 1.23. The molecular formula is C7H16N2O. The summed E-state index contributed by atoms with van der Waals surface area (Å²) in [7, 11) is 2.03. The smallest absolute Gasteiger partial charge is 0.0918 e. The van der Waals surface area contributed by atoms with Crippen molar-refractivity contribution in [1.29, 1.82) is 0 Å². The molecule has 0 radical (unpaired) electrons. The van der Waals surface area contributed by atoms with Crippen molar-refractivity contribution >= 4 is 0 Å². The van der Waals surface area contributed by atoms with Crippen LogP contribution < -0.4 is 5.32 Å². The molecule has 1 heterocycles. The normalized spacial score (nSPS) is 36.3. The zero-order chi connectivity index (χ0) is 7.61. The Morgan fingerprint density at radius 3 is 2.80 bits per heavy atom. The van der Waals surface area contributed by atoms with E-state index in [1.807, 2.05) is 14.0 Å². The van der Waals surface area contributed by atoms with Crippen molar-refractivity contribution < 1.29 is 5.11 Å². The highest BCUT2D eigenvalue weighted by Gasteiger charge is 2.29. The Balaban J connectivity index is 2.54. The number of nitrogens with zero attached hydrogens (tertiary/aromatic N) is 1. The van der Waals surface area contributed by atoms with Gasteiger partial charge in [-0.1, -0.05) is 0 Å². The highest BCUT2D eigenvalue weighted by Crippen LogP contribution is 2.12. The summed E-state index contributed by atoms with van der Waals surface area (Å²) in [5, 5.41) is 12.3. The van der Waals surface area contributed by atoms with Gasteiger partial charge in [-0.15, -0.1) is 0 Å². The largest absolute Gasteiger partial charge is 0.393 e. The monoisotopic (exact) mass is 144 g/mol. The van der Waals surface area contributed by atoms with E-state index in [2.05, 4.69) is 10.2 Å². The lowest BCUT2D eigenvalue weighted by Gasteiger charge is -2.42. The van der Waals surface area contributed by atoms with Gasteiger partial charge in [-0.3, -0.25) is 10.2 Å². The van der Waals surface area contributed by atoms with E-state index in [0.29, 0.717) is 0 Å². The Hall–Kier alpha value is -0.120.